The summed E-state index contributed by atoms with van der Waals surface area (Å²) in [6, 6.07) is 21.2. The molecule has 1 aromatic heterocycles. The van der Waals surface area contributed by atoms with Crippen molar-refractivity contribution in [3.8, 4) is 22.6 Å². The van der Waals surface area contributed by atoms with Crippen molar-refractivity contribution in [3.63, 3.8) is 0 Å². The van der Waals surface area contributed by atoms with Crippen LogP contribution in [0.4, 0.5) is 0 Å². The molecule has 1 aliphatic rings. The monoisotopic (exact) mass is 810 g/mol. The van der Waals surface area contributed by atoms with Crippen molar-refractivity contribution in [1.29, 1.82) is 0 Å². The quantitative estimate of drug-likeness (QED) is 0.104. The number of benzene rings is 3. The standard InChI is InChI=1S/C29H29N2.C13H24O2.Ir/c1-18(2)19-12-13-25-21(14-19)10-11-22-17-30-28(31-27(22)25)23-15-20-8-6-7-9-24(20)26(16-23)29(3,4)5;1-5-10(6-2)12(14)9-13(15)11(7-3)8-4;/h6-9,12-14,16-18H,10-11H2,1-5H3;9-11,14H,5-8H2,1-4H3;/q-1;;/b;12-9-;. The van der Waals surface area contributed by atoms with Gasteiger partial charge in [0.1, 0.15) is 0 Å². The molecule has 47 heavy (non-hydrogen) atoms. The molecule has 0 spiro atoms. The molecule has 0 bridgehead atoms. The minimum absolute atomic E-state index is 0. The molecule has 5 heteroatoms. The number of aromatic nitrogens is 2. The van der Waals surface area contributed by atoms with E-state index in [0.717, 1.165) is 61.0 Å². The van der Waals surface area contributed by atoms with Gasteiger partial charge in [-0.1, -0.05) is 110 Å². The molecule has 3 aromatic carbocycles. The maximum atomic E-state index is 11.7. The van der Waals surface area contributed by atoms with Gasteiger partial charge in [-0.25, -0.2) is 0 Å². The zero-order valence-corrected chi connectivity index (χ0v) is 32.2. The summed E-state index contributed by atoms with van der Waals surface area (Å²) >= 11 is 0. The molecule has 5 rings (SSSR count). The summed E-state index contributed by atoms with van der Waals surface area (Å²) in [5.41, 5.74) is 8.68. The summed E-state index contributed by atoms with van der Waals surface area (Å²) < 4.78 is 0. The van der Waals surface area contributed by atoms with Gasteiger partial charge in [-0.2, -0.15) is 0 Å². The van der Waals surface area contributed by atoms with E-state index in [1.54, 1.807) is 0 Å². The van der Waals surface area contributed by atoms with Crippen molar-refractivity contribution in [2.24, 2.45) is 11.8 Å². The molecule has 0 atom stereocenters. The minimum atomic E-state index is 0. The maximum Gasteiger partial charge on any atom is 0.162 e. The van der Waals surface area contributed by atoms with Crippen molar-refractivity contribution in [3.05, 3.63) is 94.9 Å². The van der Waals surface area contributed by atoms with E-state index < -0.39 is 0 Å². The molecule has 1 N–H and O–H groups in total. The van der Waals surface area contributed by atoms with Crippen LogP contribution in [0.3, 0.4) is 0 Å². The molecule has 4 nitrogen and oxygen atoms in total. The Balaban J connectivity index is 0.000000322. The second-order valence-corrected chi connectivity index (χ2v) is 14.0. The fourth-order valence-corrected chi connectivity index (χ4v) is 6.38. The Bertz CT molecular complexity index is 1690. The number of rotatable bonds is 9. The second kappa shape index (κ2) is 16.8. The van der Waals surface area contributed by atoms with Gasteiger partial charge < -0.3 is 5.11 Å². The number of aliphatic hydroxyl groups excluding tert-OH is 1. The van der Waals surface area contributed by atoms with E-state index in [1.807, 2.05) is 33.9 Å². The first kappa shape index (κ1) is 38.3. The molecule has 1 heterocycles. The van der Waals surface area contributed by atoms with Crippen LogP contribution in [0.5, 0.6) is 0 Å². The number of ketones is 1. The van der Waals surface area contributed by atoms with E-state index in [1.165, 1.54) is 39.3 Å². The van der Waals surface area contributed by atoms with Crippen LogP contribution in [0.25, 0.3) is 33.4 Å². The molecule has 0 fully saturated rings. The van der Waals surface area contributed by atoms with Gasteiger partial charge in [0.05, 0.1) is 17.3 Å². The third-order valence-corrected chi connectivity index (χ3v) is 9.49. The molecule has 1 aliphatic carbocycles. The molecule has 253 valence electrons. The average molecular weight is 810 g/mol. The van der Waals surface area contributed by atoms with Gasteiger partial charge >= 0.3 is 0 Å². The number of carbonyl (C=O) groups is 1. The van der Waals surface area contributed by atoms with Crippen LogP contribution in [0, 0.1) is 17.9 Å². The number of carbonyl (C=O) groups excluding carboxylic acids is 1. The number of nitrogens with zero attached hydrogens (tertiary/aromatic N) is 2. The van der Waals surface area contributed by atoms with E-state index in [2.05, 4.69) is 89.2 Å². The summed E-state index contributed by atoms with van der Waals surface area (Å²) in [5, 5.41) is 12.1. The first-order chi connectivity index (χ1) is 21.9. The van der Waals surface area contributed by atoms with Crippen molar-refractivity contribution in [2.75, 3.05) is 0 Å². The SMILES string of the molecule is CC(C)c1ccc2c(c1)CCc1cnc(-c3[c-]c4ccccc4c(C(C)(C)C)c3)nc1-2.CCC(CC)C(=O)/C=C(\O)C(CC)CC.[Ir]. The average Bonchev–Trinajstić information content (AvgIpc) is 3.04. The molecular weight excluding hydrogens is 757 g/mol. The van der Waals surface area contributed by atoms with Crippen LogP contribution in [0.2, 0.25) is 0 Å². The van der Waals surface area contributed by atoms with E-state index >= 15 is 0 Å². The molecule has 0 unspecified atom stereocenters. The van der Waals surface area contributed by atoms with Gasteiger partial charge in [0.25, 0.3) is 0 Å². The molecule has 1 radical (unpaired) electrons. The summed E-state index contributed by atoms with van der Waals surface area (Å²) in [6.07, 6.45) is 8.99. The zero-order valence-electron chi connectivity index (χ0n) is 29.8. The zero-order chi connectivity index (χ0) is 33.6. The third-order valence-electron chi connectivity index (χ3n) is 9.49. The van der Waals surface area contributed by atoms with Gasteiger partial charge in [-0.05, 0) is 66.5 Å². The predicted molar refractivity (Wildman–Crippen MR) is 193 cm³/mol. The number of aryl methyl sites for hydroxylation is 2. The van der Waals surface area contributed by atoms with Gasteiger partial charge in [0.2, 0.25) is 0 Å². The Kier molecular flexibility index (Phi) is 13.7. The summed E-state index contributed by atoms with van der Waals surface area (Å²) in [5.74, 6) is 1.84. The van der Waals surface area contributed by atoms with E-state index in [9.17, 15) is 9.90 Å². The van der Waals surface area contributed by atoms with Crippen molar-refractivity contribution in [2.45, 2.75) is 112 Å². The second-order valence-electron chi connectivity index (χ2n) is 14.0. The number of allylic oxidation sites excluding steroid dienone is 2. The number of fused-ring (bicyclic) bond motifs is 4. The third kappa shape index (κ3) is 9.06. The van der Waals surface area contributed by atoms with Gasteiger partial charge in [-0.15, -0.1) is 29.1 Å². The van der Waals surface area contributed by atoms with Crippen LogP contribution in [-0.4, -0.2) is 20.9 Å². The van der Waals surface area contributed by atoms with Crippen LogP contribution in [0.15, 0.2) is 66.6 Å². The van der Waals surface area contributed by atoms with Gasteiger partial charge in [-0.3, -0.25) is 14.8 Å². The Morgan fingerprint density at radius 2 is 1.55 bits per heavy atom. The largest absolute Gasteiger partial charge is 0.512 e. The van der Waals surface area contributed by atoms with Crippen molar-refractivity contribution < 1.29 is 30.0 Å². The maximum absolute atomic E-state index is 11.7. The minimum Gasteiger partial charge on any atom is -0.512 e. The molecule has 0 saturated carbocycles. The normalized spacial score (nSPS) is 12.8. The molecule has 0 amide bonds. The molecule has 0 aliphatic heterocycles. The molecule has 0 saturated heterocycles. The molecule has 4 aromatic rings. The Labute approximate surface area is 296 Å². The van der Waals surface area contributed by atoms with Crippen LogP contribution in [-0.2, 0) is 43.2 Å². The first-order valence-corrected chi connectivity index (χ1v) is 17.3. The fourth-order valence-electron chi connectivity index (χ4n) is 6.38. The summed E-state index contributed by atoms with van der Waals surface area (Å²) in [7, 11) is 0. The van der Waals surface area contributed by atoms with E-state index in [4.69, 9.17) is 9.97 Å². The summed E-state index contributed by atoms with van der Waals surface area (Å²) in [6.45, 7) is 19.3. The number of hydrogen-bond donors (Lipinski definition) is 1. The van der Waals surface area contributed by atoms with Crippen LogP contribution >= 0.6 is 0 Å². The van der Waals surface area contributed by atoms with E-state index in [-0.39, 0.29) is 48.9 Å². The van der Waals surface area contributed by atoms with E-state index in [0.29, 0.717) is 5.92 Å². The van der Waals surface area contributed by atoms with Crippen molar-refractivity contribution in [1.82, 2.24) is 9.97 Å². The smallest absolute Gasteiger partial charge is 0.162 e. The van der Waals surface area contributed by atoms with Gasteiger partial charge in [0.15, 0.2) is 5.78 Å². The Morgan fingerprint density at radius 3 is 2.17 bits per heavy atom. The Morgan fingerprint density at radius 1 is 0.915 bits per heavy atom. The van der Waals surface area contributed by atoms with Gasteiger partial charge in [0, 0.05) is 49.8 Å². The Hall–Kier alpha value is -3.14. The predicted octanol–water partition coefficient (Wildman–Crippen LogP) is 11.2. The van der Waals surface area contributed by atoms with Crippen LogP contribution < -0.4 is 0 Å². The first-order valence-electron chi connectivity index (χ1n) is 17.3. The molecular formula is C42H53IrN2O2-. The summed E-state index contributed by atoms with van der Waals surface area (Å²) in [4.78, 5) is 21.6. The number of hydrogen-bond acceptors (Lipinski definition) is 4. The fraction of sp³-hybridized carbons (Fsp3) is 0.452. The van der Waals surface area contributed by atoms with Crippen molar-refractivity contribution >= 4 is 16.6 Å². The topological polar surface area (TPSA) is 63.1 Å². The number of aliphatic hydroxyl groups is 1. The van der Waals surface area contributed by atoms with Crippen LogP contribution in [0.1, 0.15) is 116 Å².